The van der Waals surface area contributed by atoms with Crippen LogP contribution < -0.4 is 20.7 Å². The number of halogens is 1. The summed E-state index contributed by atoms with van der Waals surface area (Å²) in [5.41, 5.74) is 4.94. The van der Waals surface area contributed by atoms with Crippen molar-refractivity contribution < 1.29 is 38.6 Å². The molecule has 3 atom stereocenters. The van der Waals surface area contributed by atoms with E-state index in [1.165, 1.54) is 4.90 Å². The van der Waals surface area contributed by atoms with Crippen LogP contribution in [0.5, 0.6) is 5.75 Å². The van der Waals surface area contributed by atoms with Gasteiger partial charge >= 0.3 is 0 Å². The van der Waals surface area contributed by atoms with E-state index < -0.39 is 52.2 Å². The number of aryl methyl sites for hydroxylation is 1. The highest BCUT2D eigenvalue weighted by molar-refractivity contribution is 7.13. The van der Waals surface area contributed by atoms with Crippen LogP contribution in [0.2, 0.25) is 5.02 Å². The SMILES string of the molecule is Cc1ncsc1-c1ccc(CNC(=O)[C@@H]2C[C@@H](O)CN2C(=O)[C@@H](NC(=O)COCCN2Cc3cc(C(=O)NC4C(C)(C)C(Oc5ccc(C#N)c(Cl)c5)C4(C)C)ccc3C2=O)C(C)(C)C)cc1. The van der Waals surface area contributed by atoms with Gasteiger partial charge in [-0.05, 0) is 59.4 Å². The minimum atomic E-state index is -1.03. The van der Waals surface area contributed by atoms with Crippen LogP contribution in [0.4, 0.5) is 0 Å². The second-order valence-electron chi connectivity index (χ2n) is 19.9. The van der Waals surface area contributed by atoms with Gasteiger partial charge in [0.2, 0.25) is 17.7 Å². The lowest BCUT2D eigenvalue weighted by Gasteiger charge is -2.63. The quantitative estimate of drug-likeness (QED) is 0.102. The molecule has 17 heteroatoms. The average molecular weight is 953 g/mol. The third-order valence-corrected chi connectivity index (χ3v) is 14.4. The summed E-state index contributed by atoms with van der Waals surface area (Å²) in [4.78, 5) is 76.1. The van der Waals surface area contributed by atoms with Crippen LogP contribution in [-0.4, -0.2) is 106 Å². The number of rotatable bonds is 15. The van der Waals surface area contributed by atoms with Crippen LogP contribution in [0.1, 0.15) is 98.0 Å². The zero-order chi connectivity index (χ0) is 48.6. The maximum absolute atomic E-state index is 14.1. The highest BCUT2D eigenvalue weighted by Crippen LogP contribution is 2.55. The molecule has 2 aliphatic heterocycles. The van der Waals surface area contributed by atoms with Gasteiger partial charge in [0.15, 0.2) is 0 Å². The molecule has 15 nitrogen and oxygen atoms in total. The Bertz CT molecular complexity index is 2580. The number of nitrogens with zero attached hydrogens (tertiary/aromatic N) is 4. The fourth-order valence-corrected chi connectivity index (χ4v) is 10.9. The third-order valence-electron chi connectivity index (χ3n) is 13.1. The van der Waals surface area contributed by atoms with Gasteiger partial charge in [0.25, 0.3) is 11.8 Å². The number of likely N-dealkylation sites (tertiary alicyclic amines) is 1. The molecule has 0 unspecified atom stereocenters. The molecule has 3 heterocycles. The number of benzene rings is 3. The molecule has 7 rings (SSSR count). The molecule has 0 radical (unpaired) electrons. The summed E-state index contributed by atoms with van der Waals surface area (Å²) in [6, 6.07) is 17.6. The molecule has 0 bridgehead atoms. The van der Waals surface area contributed by atoms with Crippen molar-refractivity contribution in [2.45, 2.75) is 105 Å². The molecule has 1 aliphatic carbocycles. The zero-order valence-electron chi connectivity index (χ0n) is 39.1. The number of nitrogens with one attached hydrogen (secondary N) is 3. The van der Waals surface area contributed by atoms with Crippen molar-refractivity contribution in [1.29, 1.82) is 5.26 Å². The Morgan fingerprint density at radius 2 is 1.76 bits per heavy atom. The highest BCUT2D eigenvalue weighted by atomic mass is 35.5. The van der Waals surface area contributed by atoms with Crippen molar-refractivity contribution in [3.8, 4) is 22.3 Å². The number of aliphatic hydroxyl groups excluding tert-OH is 1. The number of aliphatic hydroxyl groups is 1. The summed E-state index contributed by atoms with van der Waals surface area (Å²) in [5.74, 6) is -1.39. The summed E-state index contributed by atoms with van der Waals surface area (Å²) in [6.45, 7) is 15.7. The number of β-amino-alcohol motifs (C(OH)–C–C–N with tert-alkyl or cyclic N) is 1. The van der Waals surface area contributed by atoms with Crippen molar-refractivity contribution in [2.75, 3.05) is 26.3 Å². The summed E-state index contributed by atoms with van der Waals surface area (Å²) >= 11 is 7.81. The minimum absolute atomic E-state index is 0.0343. The van der Waals surface area contributed by atoms with Crippen molar-refractivity contribution in [3.63, 3.8) is 0 Å². The third kappa shape index (κ3) is 10.4. The van der Waals surface area contributed by atoms with Gasteiger partial charge in [-0.1, -0.05) is 84.3 Å². The van der Waals surface area contributed by atoms with Crippen LogP contribution in [0.3, 0.4) is 0 Å². The zero-order valence-corrected chi connectivity index (χ0v) is 40.6. The number of thiazole rings is 1. The average Bonchev–Trinajstić information content (AvgIpc) is 3.99. The van der Waals surface area contributed by atoms with Crippen LogP contribution in [-0.2, 0) is 32.2 Å². The van der Waals surface area contributed by atoms with Gasteiger partial charge in [0.1, 0.15) is 36.6 Å². The number of carbonyl (C=O) groups is 5. The lowest BCUT2D eigenvalue weighted by molar-refractivity contribution is -0.164. The number of aromatic nitrogens is 1. The fraction of sp³-hybridized carbons (Fsp3) is 0.460. The summed E-state index contributed by atoms with van der Waals surface area (Å²) in [7, 11) is 0. The first kappa shape index (κ1) is 49.1. The van der Waals surface area contributed by atoms with Crippen LogP contribution in [0, 0.1) is 34.5 Å². The van der Waals surface area contributed by atoms with E-state index >= 15 is 0 Å². The van der Waals surface area contributed by atoms with Gasteiger partial charge in [0, 0.05) is 66.7 Å². The van der Waals surface area contributed by atoms with Gasteiger partial charge in [-0.2, -0.15) is 5.26 Å². The number of hydrogen-bond donors (Lipinski definition) is 4. The molecule has 5 amide bonds. The molecule has 0 spiro atoms. The second-order valence-corrected chi connectivity index (χ2v) is 21.2. The largest absolute Gasteiger partial charge is 0.489 e. The molecule has 3 aromatic carbocycles. The molecule has 4 N–H and O–H groups in total. The molecular formula is C50H58ClN7O8S. The van der Waals surface area contributed by atoms with Crippen LogP contribution >= 0.6 is 22.9 Å². The molecule has 1 aromatic heterocycles. The Balaban J connectivity index is 0.879. The molecule has 1 saturated heterocycles. The van der Waals surface area contributed by atoms with Gasteiger partial charge in [-0.3, -0.25) is 24.0 Å². The van der Waals surface area contributed by atoms with Gasteiger partial charge in [-0.25, -0.2) is 4.98 Å². The van der Waals surface area contributed by atoms with E-state index in [9.17, 15) is 34.3 Å². The Morgan fingerprint density at radius 1 is 1.04 bits per heavy atom. The number of nitriles is 1. The summed E-state index contributed by atoms with van der Waals surface area (Å²) < 4.78 is 12.1. The smallest absolute Gasteiger partial charge is 0.254 e. The van der Waals surface area contributed by atoms with E-state index in [4.69, 9.17) is 21.1 Å². The summed E-state index contributed by atoms with van der Waals surface area (Å²) in [6.07, 6.45) is -1.11. The second kappa shape index (κ2) is 19.4. The maximum Gasteiger partial charge on any atom is 0.254 e. The highest BCUT2D eigenvalue weighted by Gasteiger charge is 2.64. The first-order valence-corrected chi connectivity index (χ1v) is 23.6. The molecule has 4 aromatic rings. The summed E-state index contributed by atoms with van der Waals surface area (Å²) in [5, 5.41) is 29.1. The fourth-order valence-electron chi connectivity index (χ4n) is 9.84. The Kier molecular flexibility index (Phi) is 14.2. The Morgan fingerprint density at radius 3 is 2.40 bits per heavy atom. The van der Waals surface area contributed by atoms with Crippen molar-refractivity contribution >= 4 is 52.5 Å². The Labute approximate surface area is 400 Å². The molecular weight excluding hydrogens is 894 g/mol. The Hall–Kier alpha value is -5.86. The van der Waals surface area contributed by atoms with Crippen LogP contribution in [0.25, 0.3) is 10.4 Å². The molecule has 354 valence electrons. The maximum atomic E-state index is 14.1. The molecule has 67 heavy (non-hydrogen) atoms. The lowest BCUT2D eigenvalue weighted by Crippen LogP contribution is -2.74. The van der Waals surface area contributed by atoms with Crippen LogP contribution in [0.15, 0.2) is 66.2 Å². The van der Waals surface area contributed by atoms with Gasteiger partial charge in [0.05, 0.1) is 39.4 Å². The predicted octanol–water partition coefficient (Wildman–Crippen LogP) is 6.04. The molecule has 1 saturated carbocycles. The number of ether oxygens (including phenoxy) is 2. The minimum Gasteiger partial charge on any atom is -0.489 e. The van der Waals surface area contributed by atoms with E-state index in [0.717, 1.165) is 21.7 Å². The van der Waals surface area contributed by atoms with E-state index in [-0.39, 0.29) is 69.8 Å². The number of hydrogen-bond acceptors (Lipinski definition) is 11. The van der Waals surface area contributed by atoms with Crippen molar-refractivity contribution in [3.05, 3.63) is 105 Å². The normalized spacial score (nSPS) is 20.9. The van der Waals surface area contributed by atoms with E-state index in [0.29, 0.717) is 33.0 Å². The van der Waals surface area contributed by atoms with Crippen molar-refractivity contribution in [1.82, 2.24) is 30.7 Å². The molecule has 2 fully saturated rings. The topological polar surface area (TPSA) is 203 Å². The molecule has 3 aliphatic rings. The lowest BCUT2D eigenvalue weighted by atomic mass is 9.49. The number of carbonyl (C=O) groups excluding carboxylic acids is 5. The van der Waals surface area contributed by atoms with E-state index in [1.807, 2.05) is 65.0 Å². The monoisotopic (exact) mass is 951 g/mol. The van der Waals surface area contributed by atoms with E-state index in [2.05, 4.69) is 20.9 Å². The number of amides is 5. The first-order valence-electron chi connectivity index (χ1n) is 22.3. The first-order chi connectivity index (χ1) is 31.6. The van der Waals surface area contributed by atoms with Crippen molar-refractivity contribution in [2.24, 2.45) is 16.2 Å². The predicted molar refractivity (Wildman–Crippen MR) is 253 cm³/mol. The van der Waals surface area contributed by atoms with Gasteiger partial charge in [-0.15, -0.1) is 11.3 Å². The van der Waals surface area contributed by atoms with E-state index in [1.54, 1.807) is 78.9 Å². The number of fused-ring (bicyclic) bond motifs is 1. The standard InChI is InChI=1S/C50H58ClN7O8S/c1-28-40(67-27-54-28)30-11-9-29(10-12-30)23-53-43(62)38-20-34(59)25-58(38)45(64)41(48(2,3)4)55-39(60)26-65-18-17-57-24-33-19-31(14-16-36(33)44(57)63)42(61)56-46-49(5,6)47(50(46,7)8)66-35-15-13-32(22-52)37(51)21-35/h9-16,19,21,27,34,38,41,46-47,59H,17-18,20,23-26H2,1-8H3,(H,53,62)(H,55,60)(H,56,61)/t34-,38+,41-,46?,47?/m1/s1. The van der Waals surface area contributed by atoms with Gasteiger partial charge < -0.3 is 40.3 Å².